The summed E-state index contributed by atoms with van der Waals surface area (Å²) in [5.41, 5.74) is 1.01. The Bertz CT molecular complexity index is 465. The summed E-state index contributed by atoms with van der Waals surface area (Å²) in [6.45, 7) is 1.53. The van der Waals surface area contributed by atoms with Crippen LogP contribution in [0.4, 0.5) is 16.2 Å². The number of amides is 2. The second-order valence-electron chi connectivity index (χ2n) is 3.55. The van der Waals surface area contributed by atoms with E-state index in [0.29, 0.717) is 17.1 Å². The van der Waals surface area contributed by atoms with Crippen LogP contribution in [0.5, 0.6) is 5.75 Å². The Morgan fingerprint density at radius 1 is 1.32 bits per heavy atom. The zero-order valence-corrected chi connectivity index (χ0v) is 11.4. The molecule has 0 fully saturated rings. The molecule has 0 spiro atoms. The van der Waals surface area contributed by atoms with Crippen LogP contribution in [0, 0.1) is 0 Å². The second-order valence-corrected chi connectivity index (χ2v) is 3.92. The smallest absolute Gasteiger partial charge is 0.411 e. The van der Waals surface area contributed by atoms with Gasteiger partial charge in [0, 0.05) is 18.7 Å². The molecule has 1 aromatic carbocycles. The van der Waals surface area contributed by atoms with Crippen LogP contribution in [0.2, 0.25) is 0 Å². The molecule has 0 aliphatic carbocycles. The summed E-state index contributed by atoms with van der Waals surface area (Å²) >= 11 is 5.40. The Balaban J connectivity index is 2.76. The lowest BCUT2D eigenvalue weighted by molar-refractivity contribution is -0.114. The zero-order valence-electron chi connectivity index (χ0n) is 10.7. The average Bonchev–Trinajstić information content (AvgIpc) is 2.37. The van der Waals surface area contributed by atoms with E-state index >= 15 is 0 Å². The number of methoxy groups -OCH3 is 1. The molecule has 0 aliphatic rings. The molecule has 0 heterocycles. The van der Waals surface area contributed by atoms with Crippen LogP contribution in [0.15, 0.2) is 18.2 Å². The van der Waals surface area contributed by atoms with Crippen molar-refractivity contribution in [1.29, 1.82) is 0 Å². The van der Waals surface area contributed by atoms with Gasteiger partial charge in [0.05, 0.1) is 18.7 Å². The first kappa shape index (κ1) is 15.1. The van der Waals surface area contributed by atoms with Crippen molar-refractivity contribution >= 4 is 35.0 Å². The number of hydrogen-bond acceptors (Lipinski definition) is 4. The van der Waals surface area contributed by atoms with E-state index in [-0.39, 0.29) is 18.4 Å². The Morgan fingerprint density at radius 3 is 2.63 bits per heavy atom. The molecule has 0 aliphatic heterocycles. The molecular formula is C12H15ClN2O4. The fourth-order valence-electron chi connectivity index (χ4n) is 1.35. The number of benzene rings is 1. The third-order valence-corrected chi connectivity index (χ3v) is 2.22. The van der Waals surface area contributed by atoms with Gasteiger partial charge in [-0.15, -0.1) is 11.6 Å². The summed E-state index contributed by atoms with van der Waals surface area (Å²) in [5.74, 6) is 0.462. The Labute approximate surface area is 116 Å². The quantitative estimate of drug-likeness (QED) is 0.815. The summed E-state index contributed by atoms with van der Waals surface area (Å²) in [6, 6.07) is 4.82. The normalized spacial score (nSPS) is 9.63. The molecule has 2 N–H and O–H groups in total. The molecule has 1 aromatic rings. The minimum Gasteiger partial charge on any atom is -0.494 e. The molecule has 0 bridgehead atoms. The molecule has 6 nitrogen and oxygen atoms in total. The fourth-order valence-corrected chi connectivity index (χ4v) is 1.42. The largest absolute Gasteiger partial charge is 0.494 e. The SMILES string of the molecule is COc1cc(NC(=O)OCCCl)ccc1NC(C)=O. The van der Waals surface area contributed by atoms with E-state index in [1.165, 1.54) is 14.0 Å². The van der Waals surface area contributed by atoms with Crippen LogP contribution < -0.4 is 15.4 Å². The third-order valence-electron chi connectivity index (χ3n) is 2.07. The summed E-state index contributed by atoms with van der Waals surface area (Å²) in [4.78, 5) is 22.3. The number of hydrogen-bond donors (Lipinski definition) is 2. The first-order chi connectivity index (χ1) is 9.06. The highest BCUT2D eigenvalue weighted by Crippen LogP contribution is 2.27. The Hall–Kier alpha value is -1.95. The Kier molecular flexibility index (Phi) is 5.95. The lowest BCUT2D eigenvalue weighted by atomic mass is 10.2. The maximum Gasteiger partial charge on any atom is 0.411 e. The highest BCUT2D eigenvalue weighted by Gasteiger charge is 2.08. The highest BCUT2D eigenvalue weighted by atomic mass is 35.5. The van der Waals surface area contributed by atoms with Crippen molar-refractivity contribution in [2.75, 3.05) is 30.2 Å². The first-order valence-corrected chi connectivity index (χ1v) is 6.05. The number of alkyl halides is 1. The predicted molar refractivity (Wildman–Crippen MR) is 73.0 cm³/mol. The van der Waals surface area contributed by atoms with Gasteiger partial charge in [-0.1, -0.05) is 0 Å². The number of carbonyl (C=O) groups is 2. The molecule has 19 heavy (non-hydrogen) atoms. The summed E-state index contributed by atoms with van der Waals surface area (Å²) in [7, 11) is 1.47. The maximum absolute atomic E-state index is 11.3. The summed E-state index contributed by atoms with van der Waals surface area (Å²) in [6.07, 6.45) is -0.602. The van der Waals surface area contributed by atoms with E-state index in [9.17, 15) is 9.59 Å². The van der Waals surface area contributed by atoms with E-state index in [4.69, 9.17) is 21.1 Å². The lowest BCUT2D eigenvalue weighted by Crippen LogP contribution is -2.15. The van der Waals surface area contributed by atoms with Gasteiger partial charge < -0.3 is 14.8 Å². The van der Waals surface area contributed by atoms with Crippen molar-refractivity contribution < 1.29 is 19.1 Å². The molecule has 104 valence electrons. The van der Waals surface area contributed by atoms with Gasteiger partial charge in [-0.05, 0) is 12.1 Å². The second kappa shape index (κ2) is 7.48. The number of halogens is 1. The van der Waals surface area contributed by atoms with E-state index in [1.54, 1.807) is 18.2 Å². The van der Waals surface area contributed by atoms with Crippen LogP contribution in [0.25, 0.3) is 0 Å². The van der Waals surface area contributed by atoms with Gasteiger partial charge in [0.15, 0.2) is 0 Å². The third kappa shape index (κ3) is 5.05. The molecule has 7 heteroatoms. The van der Waals surface area contributed by atoms with Crippen molar-refractivity contribution in [3.63, 3.8) is 0 Å². The van der Waals surface area contributed by atoms with Gasteiger partial charge >= 0.3 is 6.09 Å². The number of nitrogens with one attached hydrogen (secondary N) is 2. The van der Waals surface area contributed by atoms with Crippen molar-refractivity contribution in [2.45, 2.75) is 6.92 Å². The van der Waals surface area contributed by atoms with Crippen LogP contribution in [0.3, 0.4) is 0 Å². The van der Waals surface area contributed by atoms with E-state index < -0.39 is 6.09 Å². The molecular weight excluding hydrogens is 272 g/mol. The van der Waals surface area contributed by atoms with Crippen LogP contribution in [-0.4, -0.2) is 31.6 Å². The zero-order chi connectivity index (χ0) is 14.3. The molecule has 0 radical (unpaired) electrons. The van der Waals surface area contributed by atoms with Gasteiger partial charge in [-0.2, -0.15) is 0 Å². The molecule has 0 atom stereocenters. The van der Waals surface area contributed by atoms with Gasteiger partial charge in [-0.3, -0.25) is 10.1 Å². The number of carbonyl (C=O) groups excluding carboxylic acids is 2. The highest BCUT2D eigenvalue weighted by molar-refractivity contribution is 6.18. The topological polar surface area (TPSA) is 76.7 Å². The molecule has 0 saturated carbocycles. The number of rotatable bonds is 5. The predicted octanol–water partition coefficient (Wildman–Crippen LogP) is 2.44. The Morgan fingerprint density at radius 2 is 2.05 bits per heavy atom. The van der Waals surface area contributed by atoms with Gasteiger partial charge in [-0.25, -0.2) is 4.79 Å². The summed E-state index contributed by atoms with van der Waals surface area (Å²) in [5, 5.41) is 5.13. The minimum atomic E-state index is -0.602. The fraction of sp³-hybridized carbons (Fsp3) is 0.333. The van der Waals surface area contributed by atoms with Crippen LogP contribution in [-0.2, 0) is 9.53 Å². The van der Waals surface area contributed by atoms with Crippen molar-refractivity contribution in [3.05, 3.63) is 18.2 Å². The standard InChI is InChI=1S/C12H15ClN2O4/c1-8(16)14-10-4-3-9(7-11(10)18-2)15-12(17)19-6-5-13/h3-4,7H,5-6H2,1-2H3,(H,14,16)(H,15,17). The number of ether oxygens (including phenoxy) is 2. The van der Waals surface area contributed by atoms with Crippen LogP contribution in [0.1, 0.15) is 6.92 Å². The molecule has 0 aromatic heterocycles. The van der Waals surface area contributed by atoms with E-state index in [0.717, 1.165) is 0 Å². The lowest BCUT2D eigenvalue weighted by Gasteiger charge is -2.11. The van der Waals surface area contributed by atoms with Gasteiger partial charge in [0.2, 0.25) is 5.91 Å². The monoisotopic (exact) mass is 286 g/mol. The van der Waals surface area contributed by atoms with Crippen molar-refractivity contribution in [3.8, 4) is 5.75 Å². The van der Waals surface area contributed by atoms with Crippen molar-refractivity contribution in [1.82, 2.24) is 0 Å². The van der Waals surface area contributed by atoms with Crippen molar-refractivity contribution in [2.24, 2.45) is 0 Å². The maximum atomic E-state index is 11.3. The molecule has 2 amide bonds. The van der Waals surface area contributed by atoms with Gasteiger partial charge in [0.25, 0.3) is 0 Å². The number of anilines is 2. The first-order valence-electron chi connectivity index (χ1n) is 5.52. The molecule has 0 unspecified atom stereocenters. The van der Waals surface area contributed by atoms with E-state index in [2.05, 4.69) is 10.6 Å². The molecule has 1 rings (SSSR count). The van der Waals surface area contributed by atoms with Gasteiger partial charge in [0.1, 0.15) is 12.4 Å². The minimum absolute atomic E-state index is 0.133. The average molecular weight is 287 g/mol. The summed E-state index contributed by atoms with van der Waals surface area (Å²) < 4.78 is 9.89. The van der Waals surface area contributed by atoms with E-state index in [1.807, 2.05) is 0 Å². The molecule has 0 saturated heterocycles. The van der Waals surface area contributed by atoms with Crippen LogP contribution >= 0.6 is 11.6 Å².